The van der Waals surface area contributed by atoms with E-state index in [2.05, 4.69) is 4.98 Å². The van der Waals surface area contributed by atoms with E-state index in [9.17, 15) is 9.90 Å². The number of hydrogen-bond donors (Lipinski definition) is 1. The third kappa shape index (κ3) is 2.80. The maximum absolute atomic E-state index is 12.2. The van der Waals surface area contributed by atoms with Crippen molar-refractivity contribution in [1.82, 2.24) is 4.98 Å². The van der Waals surface area contributed by atoms with E-state index >= 15 is 0 Å². The van der Waals surface area contributed by atoms with Crippen LogP contribution in [-0.4, -0.2) is 16.1 Å². The first-order chi connectivity index (χ1) is 12.6. The van der Waals surface area contributed by atoms with Gasteiger partial charge in [-0.25, -0.2) is 9.36 Å². The van der Waals surface area contributed by atoms with Crippen molar-refractivity contribution in [3.05, 3.63) is 89.7 Å². The lowest BCUT2D eigenvalue weighted by molar-refractivity contribution is -0.599. The van der Waals surface area contributed by atoms with Crippen molar-refractivity contribution in [1.29, 1.82) is 0 Å². The fraction of sp³-hybridized carbons (Fsp3) is 0. The summed E-state index contributed by atoms with van der Waals surface area (Å²) < 4.78 is 1.71. The van der Waals surface area contributed by atoms with Crippen molar-refractivity contribution in [3.8, 4) is 16.9 Å². The highest BCUT2D eigenvalue weighted by Crippen LogP contribution is 2.34. The molecule has 0 bridgehead atoms. The van der Waals surface area contributed by atoms with Gasteiger partial charge in [-0.15, -0.1) is 0 Å². The lowest BCUT2D eigenvalue weighted by Gasteiger charge is -2.11. The molecular formula is C21H14ClN2O2+. The molecule has 126 valence electrons. The Bertz CT molecular complexity index is 1110. The van der Waals surface area contributed by atoms with Crippen molar-refractivity contribution in [2.45, 2.75) is 0 Å². The minimum atomic E-state index is -1.04. The van der Waals surface area contributed by atoms with Gasteiger partial charge in [-0.2, -0.15) is 0 Å². The van der Waals surface area contributed by atoms with Gasteiger partial charge in [0.15, 0.2) is 11.1 Å². The van der Waals surface area contributed by atoms with E-state index in [0.29, 0.717) is 27.3 Å². The Morgan fingerprint density at radius 1 is 0.962 bits per heavy atom. The van der Waals surface area contributed by atoms with Gasteiger partial charge in [0.2, 0.25) is 0 Å². The lowest BCUT2D eigenvalue weighted by atomic mass is 9.95. The molecule has 0 aliphatic carbocycles. The number of fused-ring (bicyclic) bond motifs is 1. The molecule has 0 spiro atoms. The van der Waals surface area contributed by atoms with Gasteiger partial charge in [0.1, 0.15) is 0 Å². The lowest BCUT2D eigenvalue weighted by Crippen LogP contribution is -2.33. The van der Waals surface area contributed by atoms with Crippen LogP contribution in [0, 0.1) is 0 Å². The van der Waals surface area contributed by atoms with Crippen LogP contribution in [0.2, 0.25) is 5.02 Å². The fourth-order valence-corrected chi connectivity index (χ4v) is 3.23. The molecule has 0 atom stereocenters. The SMILES string of the molecule is O=C(O)c1c(-[n+]2ccccc2)nc2ccc(Cl)cc2c1-c1ccccc1. The van der Waals surface area contributed by atoms with Crippen molar-refractivity contribution in [2.24, 2.45) is 0 Å². The number of hydrogen-bond acceptors (Lipinski definition) is 2. The van der Waals surface area contributed by atoms with E-state index in [4.69, 9.17) is 11.6 Å². The van der Waals surface area contributed by atoms with Crippen LogP contribution in [0.5, 0.6) is 0 Å². The number of carbonyl (C=O) groups is 1. The minimum absolute atomic E-state index is 0.141. The molecule has 1 N–H and O–H groups in total. The van der Waals surface area contributed by atoms with Crippen LogP contribution in [0.25, 0.3) is 27.8 Å². The summed E-state index contributed by atoms with van der Waals surface area (Å²) in [5.41, 5.74) is 2.24. The summed E-state index contributed by atoms with van der Waals surface area (Å²) in [4.78, 5) is 16.8. The summed E-state index contributed by atoms with van der Waals surface area (Å²) in [5, 5.41) is 11.3. The molecule has 26 heavy (non-hydrogen) atoms. The second-order valence-electron chi connectivity index (χ2n) is 5.80. The second-order valence-corrected chi connectivity index (χ2v) is 6.24. The Balaban J connectivity index is 2.19. The van der Waals surface area contributed by atoms with Crippen LogP contribution in [0.15, 0.2) is 79.1 Å². The molecule has 2 aromatic heterocycles. The monoisotopic (exact) mass is 361 g/mol. The first-order valence-electron chi connectivity index (χ1n) is 8.04. The molecule has 0 unspecified atom stereocenters. The van der Waals surface area contributed by atoms with Gasteiger partial charge in [0.25, 0.3) is 0 Å². The van der Waals surface area contributed by atoms with Gasteiger partial charge < -0.3 is 5.11 Å². The molecule has 0 saturated carbocycles. The molecule has 5 heteroatoms. The van der Waals surface area contributed by atoms with E-state index in [1.165, 1.54) is 0 Å². The zero-order valence-corrected chi connectivity index (χ0v) is 14.4. The zero-order chi connectivity index (χ0) is 18.1. The van der Waals surface area contributed by atoms with E-state index in [1.807, 2.05) is 54.6 Å². The van der Waals surface area contributed by atoms with Crippen LogP contribution >= 0.6 is 11.6 Å². The Morgan fingerprint density at radius 3 is 2.35 bits per heavy atom. The number of halogens is 1. The Kier molecular flexibility index (Phi) is 4.11. The standard InChI is InChI=1S/C21H13ClN2O2/c22-15-9-10-17-16(13-15)18(14-7-3-1-4-8-14)19(21(25)26)20(23-17)24-11-5-2-6-12-24/h1-13H/p+1. The quantitative estimate of drug-likeness (QED) is 0.545. The van der Waals surface area contributed by atoms with Crippen molar-refractivity contribution >= 4 is 28.5 Å². The minimum Gasteiger partial charge on any atom is -0.477 e. The average molecular weight is 362 g/mol. The summed E-state index contributed by atoms with van der Waals surface area (Å²) in [6.45, 7) is 0. The molecule has 4 nitrogen and oxygen atoms in total. The maximum atomic E-state index is 12.2. The van der Waals surface area contributed by atoms with Crippen LogP contribution in [0.1, 0.15) is 10.4 Å². The summed E-state index contributed by atoms with van der Waals surface area (Å²) in [6.07, 6.45) is 3.57. The summed E-state index contributed by atoms with van der Waals surface area (Å²) >= 11 is 6.19. The van der Waals surface area contributed by atoms with E-state index < -0.39 is 5.97 Å². The predicted molar refractivity (Wildman–Crippen MR) is 101 cm³/mol. The highest BCUT2D eigenvalue weighted by atomic mass is 35.5. The molecule has 0 saturated heterocycles. The van der Waals surface area contributed by atoms with Crippen LogP contribution in [0.4, 0.5) is 0 Å². The van der Waals surface area contributed by atoms with Gasteiger partial charge in [0.05, 0.1) is 12.4 Å². The summed E-state index contributed by atoms with van der Waals surface area (Å²) in [7, 11) is 0. The average Bonchev–Trinajstić information content (AvgIpc) is 2.67. The Hall–Kier alpha value is -3.24. The number of nitrogens with zero attached hydrogens (tertiary/aromatic N) is 2. The molecular weight excluding hydrogens is 348 g/mol. The smallest absolute Gasteiger partial charge is 0.344 e. The van der Waals surface area contributed by atoms with Gasteiger partial charge in [-0.1, -0.05) is 48.0 Å². The number of carboxylic acid groups (broad SMARTS) is 1. The van der Waals surface area contributed by atoms with E-state index in [1.54, 1.807) is 29.1 Å². The topological polar surface area (TPSA) is 54.1 Å². The number of carboxylic acids is 1. The molecule has 0 aliphatic heterocycles. The summed E-state index contributed by atoms with van der Waals surface area (Å²) in [6, 6.07) is 20.3. The number of aromatic nitrogens is 2. The largest absolute Gasteiger partial charge is 0.477 e. The molecule has 0 fully saturated rings. The van der Waals surface area contributed by atoms with Crippen molar-refractivity contribution in [3.63, 3.8) is 0 Å². The van der Waals surface area contributed by atoms with Crippen LogP contribution in [0.3, 0.4) is 0 Å². The van der Waals surface area contributed by atoms with E-state index in [-0.39, 0.29) is 5.56 Å². The predicted octanol–water partition coefficient (Wildman–Crippen LogP) is 4.53. The first-order valence-corrected chi connectivity index (χ1v) is 8.41. The number of pyridine rings is 2. The van der Waals surface area contributed by atoms with Crippen LogP contribution < -0.4 is 4.57 Å². The molecule has 2 heterocycles. The number of aromatic carboxylic acids is 1. The third-order valence-corrected chi connectivity index (χ3v) is 4.40. The van der Waals surface area contributed by atoms with Crippen molar-refractivity contribution < 1.29 is 14.5 Å². The van der Waals surface area contributed by atoms with Gasteiger partial charge in [-0.3, -0.25) is 0 Å². The number of rotatable bonds is 3. The van der Waals surface area contributed by atoms with Crippen molar-refractivity contribution in [2.75, 3.05) is 0 Å². The maximum Gasteiger partial charge on any atom is 0.344 e. The fourth-order valence-electron chi connectivity index (χ4n) is 3.06. The molecule has 4 aromatic rings. The Labute approximate surface area is 155 Å². The van der Waals surface area contributed by atoms with Gasteiger partial charge >= 0.3 is 11.8 Å². The van der Waals surface area contributed by atoms with Crippen LogP contribution in [-0.2, 0) is 0 Å². The molecule has 2 aromatic carbocycles. The van der Waals surface area contributed by atoms with Gasteiger partial charge in [0, 0.05) is 16.0 Å². The third-order valence-electron chi connectivity index (χ3n) is 4.16. The van der Waals surface area contributed by atoms with E-state index in [0.717, 1.165) is 5.56 Å². The molecule has 4 rings (SSSR count). The molecule has 0 aliphatic rings. The summed E-state index contributed by atoms with van der Waals surface area (Å²) in [5.74, 6) is -0.670. The molecule has 0 amide bonds. The highest BCUT2D eigenvalue weighted by molar-refractivity contribution is 6.31. The van der Waals surface area contributed by atoms with Gasteiger partial charge in [-0.05, 0) is 40.9 Å². The Morgan fingerprint density at radius 2 is 1.65 bits per heavy atom. The first kappa shape index (κ1) is 16.2. The normalized spacial score (nSPS) is 10.8. The highest BCUT2D eigenvalue weighted by Gasteiger charge is 2.29. The zero-order valence-electron chi connectivity index (χ0n) is 13.6. The molecule has 0 radical (unpaired) electrons. The second kappa shape index (κ2) is 6.58. The number of benzene rings is 2.